The number of halogens is 1. The molecule has 0 aromatic heterocycles. The summed E-state index contributed by atoms with van der Waals surface area (Å²) in [5, 5.41) is 0.720. The Bertz CT molecular complexity index is 488. The van der Waals surface area contributed by atoms with E-state index in [2.05, 4.69) is 38.7 Å². The Morgan fingerprint density at radius 3 is 2.62 bits per heavy atom. The molecule has 2 rings (SSSR count). The maximum atomic E-state index is 6.44. The van der Waals surface area contributed by atoms with E-state index in [1.165, 1.54) is 11.1 Å². The molecule has 21 heavy (non-hydrogen) atoms. The van der Waals surface area contributed by atoms with Crippen LogP contribution in [0.4, 0.5) is 0 Å². The first kappa shape index (κ1) is 16.6. The van der Waals surface area contributed by atoms with E-state index in [1.54, 1.807) is 7.11 Å². The van der Waals surface area contributed by atoms with E-state index >= 15 is 0 Å². The summed E-state index contributed by atoms with van der Waals surface area (Å²) >= 11 is 6.44. The molecule has 0 radical (unpaired) electrons. The van der Waals surface area contributed by atoms with Gasteiger partial charge < -0.3 is 9.47 Å². The van der Waals surface area contributed by atoms with E-state index < -0.39 is 0 Å². The van der Waals surface area contributed by atoms with Crippen molar-refractivity contribution < 1.29 is 9.47 Å². The molecule has 1 aliphatic heterocycles. The molecule has 0 amide bonds. The van der Waals surface area contributed by atoms with Crippen molar-refractivity contribution in [1.29, 1.82) is 0 Å². The Balaban J connectivity index is 2.38. The largest absolute Gasteiger partial charge is 0.490 e. The van der Waals surface area contributed by atoms with E-state index in [4.69, 9.17) is 21.1 Å². The van der Waals surface area contributed by atoms with Gasteiger partial charge in [0.05, 0.1) is 17.7 Å². The highest BCUT2D eigenvalue weighted by Gasteiger charge is 2.28. The summed E-state index contributed by atoms with van der Waals surface area (Å²) in [6.45, 7) is 10.9. The molecule has 0 aliphatic carbocycles. The van der Waals surface area contributed by atoms with Crippen LogP contribution < -0.4 is 4.74 Å². The first-order valence-electron chi connectivity index (χ1n) is 7.63. The van der Waals surface area contributed by atoms with Gasteiger partial charge in [-0.3, -0.25) is 4.90 Å². The summed E-state index contributed by atoms with van der Waals surface area (Å²) in [6.07, 6.45) is 0. The van der Waals surface area contributed by atoms with Gasteiger partial charge in [0.2, 0.25) is 0 Å². The number of hydrogen-bond acceptors (Lipinski definition) is 3. The summed E-state index contributed by atoms with van der Waals surface area (Å²) in [6, 6.07) is 4.94. The summed E-state index contributed by atoms with van der Waals surface area (Å²) in [5.74, 6) is 1.30. The van der Waals surface area contributed by atoms with Crippen molar-refractivity contribution in [2.45, 2.75) is 52.2 Å². The number of hydrogen-bond donors (Lipinski definition) is 0. The van der Waals surface area contributed by atoms with Crippen molar-refractivity contribution in [3.8, 4) is 5.75 Å². The minimum Gasteiger partial charge on any atom is -0.490 e. The minimum atomic E-state index is 0.251. The fourth-order valence-electron chi connectivity index (χ4n) is 2.83. The van der Waals surface area contributed by atoms with E-state index in [1.807, 2.05) is 6.07 Å². The van der Waals surface area contributed by atoms with Crippen molar-refractivity contribution in [3.63, 3.8) is 0 Å². The molecule has 1 aromatic rings. The zero-order valence-electron chi connectivity index (χ0n) is 13.6. The van der Waals surface area contributed by atoms with Gasteiger partial charge in [-0.25, -0.2) is 0 Å². The molecule has 0 spiro atoms. The van der Waals surface area contributed by atoms with Gasteiger partial charge >= 0.3 is 0 Å². The molecule has 1 unspecified atom stereocenters. The number of benzene rings is 1. The van der Waals surface area contributed by atoms with Gasteiger partial charge in [-0.1, -0.05) is 31.5 Å². The van der Waals surface area contributed by atoms with Crippen LogP contribution in [0.25, 0.3) is 0 Å². The quantitative estimate of drug-likeness (QED) is 0.836. The number of rotatable bonds is 4. The highest BCUT2D eigenvalue weighted by molar-refractivity contribution is 6.32. The Labute approximate surface area is 133 Å². The third-order valence-corrected chi connectivity index (χ3v) is 4.35. The van der Waals surface area contributed by atoms with Crippen LogP contribution in [-0.2, 0) is 11.3 Å². The molecule has 0 saturated carbocycles. The normalized spacial score (nSPS) is 19.5. The van der Waals surface area contributed by atoms with Gasteiger partial charge in [0, 0.05) is 25.3 Å². The van der Waals surface area contributed by atoms with Gasteiger partial charge in [0.15, 0.2) is 0 Å². The van der Waals surface area contributed by atoms with E-state index in [-0.39, 0.29) is 6.04 Å². The van der Waals surface area contributed by atoms with Gasteiger partial charge in [0.25, 0.3) is 0 Å². The van der Waals surface area contributed by atoms with Gasteiger partial charge in [-0.15, -0.1) is 0 Å². The maximum absolute atomic E-state index is 6.44. The van der Waals surface area contributed by atoms with Crippen LogP contribution in [0, 0.1) is 0 Å². The Kier molecular flexibility index (Phi) is 5.53. The molecule has 1 atom stereocenters. The standard InChI is InChI=1S/C17H26ClNO2/c1-11(2)13-6-14-8-19(12(3)4)15(9-20-5)10-21-17(14)16(18)7-13/h6-7,11-12,15H,8-10H2,1-5H3. The lowest BCUT2D eigenvalue weighted by Crippen LogP contribution is -2.44. The highest BCUT2D eigenvalue weighted by Crippen LogP contribution is 2.36. The Morgan fingerprint density at radius 2 is 2.05 bits per heavy atom. The van der Waals surface area contributed by atoms with Crippen LogP contribution in [0.1, 0.15) is 44.7 Å². The van der Waals surface area contributed by atoms with Crippen molar-refractivity contribution >= 4 is 11.6 Å². The fourth-order valence-corrected chi connectivity index (χ4v) is 3.13. The Morgan fingerprint density at radius 1 is 1.33 bits per heavy atom. The first-order valence-corrected chi connectivity index (χ1v) is 8.01. The average Bonchev–Trinajstić information content (AvgIpc) is 2.59. The SMILES string of the molecule is COCC1COc2c(Cl)cc(C(C)C)cc2CN1C(C)C. The van der Waals surface area contributed by atoms with Crippen LogP contribution >= 0.6 is 11.6 Å². The number of methoxy groups -OCH3 is 1. The van der Waals surface area contributed by atoms with E-state index in [0.29, 0.717) is 25.2 Å². The third-order valence-electron chi connectivity index (χ3n) is 4.07. The zero-order valence-corrected chi connectivity index (χ0v) is 14.4. The maximum Gasteiger partial charge on any atom is 0.142 e. The van der Waals surface area contributed by atoms with Crippen LogP contribution in [0.15, 0.2) is 12.1 Å². The predicted octanol–water partition coefficient (Wildman–Crippen LogP) is 4.08. The molecule has 0 fully saturated rings. The zero-order chi connectivity index (χ0) is 15.6. The van der Waals surface area contributed by atoms with Crippen molar-refractivity contribution in [2.24, 2.45) is 0 Å². The van der Waals surface area contributed by atoms with Gasteiger partial charge in [-0.05, 0) is 31.4 Å². The summed E-state index contributed by atoms with van der Waals surface area (Å²) in [5.41, 5.74) is 2.44. The minimum absolute atomic E-state index is 0.251. The van der Waals surface area contributed by atoms with E-state index in [0.717, 1.165) is 17.3 Å². The number of ether oxygens (including phenoxy) is 2. The second-order valence-electron chi connectivity index (χ2n) is 6.33. The molecular weight excluding hydrogens is 286 g/mol. The van der Waals surface area contributed by atoms with E-state index in [9.17, 15) is 0 Å². The molecule has 3 nitrogen and oxygen atoms in total. The topological polar surface area (TPSA) is 21.7 Å². The Hall–Kier alpha value is -0.770. The van der Waals surface area contributed by atoms with Crippen LogP contribution in [0.2, 0.25) is 5.02 Å². The molecule has 1 aliphatic rings. The number of fused-ring (bicyclic) bond motifs is 1. The molecular formula is C17H26ClNO2. The lowest BCUT2D eigenvalue weighted by Gasteiger charge is -2.32. The summed E-state index contributed by atoms with van der Waals surface area (Å²) in [4.78, 5) is 2.43. The first-order chi connectivity index (χ1) is 9.93. The summed E-state index contributed by atoms with van der Waals surface area (Å²) < 4.78 is 11.4. The van der Waals surface area contributed by atoms with Crippen molar-refractivity contribution in [2.75, 3.05) is 20.3 Å². The molecule has 0 bridgehead atoms. The lowest BCUT2D eigenvalue weighted by atomic mass is 9.99. The average molecular weight is 312 g/mol. The van der Waals surface area contributed by atoms with Crippen molar-refractivity contribution in [1.82, 2.24) is 4.90 Å². The molecule has 0 saturated heterocycles. The molecule has 0 N–H and O–H groups in total. The number of nitrogens with zero attached hydrogens (tertiary/aromatic N) is 1. The molecule has 118 valence electrons. The van der Waals surface area contributed by atoms with Gasteiger partial charge in [-0.2, -0.15) is 0 Å². The molecule has 1 aromatic carbocycles. The van der Waals surface area contributed by atoms with Crippen LogP contribution in [-0.4, -0.2) is 37.3 Å². The predicted molar refractivity (Wildman–Crippen MR) is 87.4 cm³/mol. The van der Waals surface area contributed by atoms with Crippen molar-refractivity contribution in [3.05, 3.63) is 28.3 Å². The van der Waals surface area contributed by atoms with Crippen LogP contribution in [0.3, 0.4) is 0 Å². The second kappa shape index (κ2) is 6.99. The molecule has 4 heteroatoms. The lowest BCUT2D eigenvalue weighted by molar-refractivity contribution is 0.0460. The van der Waals surface area contributed by atoms with Gasteiger partial charge in [0.1, 0.15) is 12.4 Å². The highest BCUT2D eigenvalue weighted by atomic mass is 35.5. The monoisotopic (exact) mass is 311 g/mol. The summed E-state index contributed by atoms with van der Waals surface area (Å²) in [7, 11) is 1.74. The fraction of sp³-hybridized carbons (Fsp3) is 0.647. The molecule has 1 heterocycles. The smallest absolute Gasteiger partial charge is 0.142 e. The third kappa shape index (κ3) is 3.71. The second-order valence-corrected chi connectivity index (χ2v) is 6.74. The van der Waals surface area contributed by atoms with Crippen LogP contribution in [0.5, 0.6) is 5.75 Å².